The van der Waals surface area contributed by atoms with E-state index < -0.39 is 9.84 Å². The lowest BCUT2D eigenvalue weighted by atomic mass is 10.1. The van der Waals surface area contributed by atoms with Crippen molar-refractivity contribution in [3.8, 4) is 0 Å². The second-order valence-corrected chi connectivity index (χ2v) is 12.4. The molecule has 32 heavy (non-hydrogen) atoms. The molecule has 0 spiro atoms. The first-order chi connectivity index (χ1) is 15.4. The zero-order valence-electron chi connectivity index (χ0n) is 18.3. The van der Waals surface area contributed by atoms with Gasteiger partial charge in [-0.1, -0.05) is 0 Å². The molecule has 5 rings (SSSR count). The maximum atomic E-state index is 12.7. The Morgan fingerprint density at radius 3 is 2.78 bits per heavy atom. The summed E-state index contributed by atoms with van der Waals surface area (Å²) in [5.41, 5.74) is 5.39. The fourth-order valence-electron chi connectivity index (χ4n) is 4.26. The Kier molecular flexibility index (Phi) is 6.04. The van der Waals surface area contributed by atoms with Crippen LogP contribution in [0, 0.1) is 6.92 Å². The zero-order valence-corrected chi connectivity index (χ0v) is 20.7. The highest BCUT2D eigenvalue weighted by atomic mass is 32.2. The molecule has 2 aliphatic rings. The fourth-order valence-corrected chi connectivity index (χ4v) is 7.11. The molecule has 0 radical (unpaired) electrons. The third-order valence-corrected chi connectivity index (χ3v) is 9.32. The van der Waals surface area contributed by atoms with Crippen LogP contribution in [0.5, 0.6) is 0 Å². The number of aryl methyl sites for hydroxylation is 1. The molecular formula is C22H27N5O2S3. The summed E-state index contributed by atoms with van der Waals surface area (Å²) in [7, 11) is -1.43. The van der Waals surface area contributed by atoms with Crippen molar-refractivity contribution in [1.82, 2.24) is 19.9 Å². The second kappa shape index (κ2) is 8.81. The van der Waals surface area contributed by atoms with E-state index in [9.17, 15) is 8.42 Å². The second-order valence-electron chi connectivity index (χ2n) is 8.78. The Bertz CT molecular complexity index is 1190. The van der Waals surface area contributed by atoms with Crippen LogP contribution >= 0.6 is 22.7 Å². The van der Waals surface area contributed by atoms with Gasteiger partial charge in [0.2, 0.25) is 9.84 Å². The molecule has 0 aromatic carbocycles. The summed E-state index contributed by atoms with van der Waals surface area (Å²) in [4.78, 5) is 18.0. The molecule has 0 bridgehead atoms. The average Bonchev–Trinajstić information content (AvgIpc) is 3.14. The topological polar surface area (TPSA) is 79.3 Å². The number of likely N-dealkylation sites (tertiary alicyclic amines) is 1. The maximum absolute atomic E-state index is 12.7. The molecule has 1 saturated heterocycles. The van der Waals surface area contributed by atoms with E-state index in [1.807, 2.05) is 6.92 Å². The fraction of sp³-hybridized carbons (Fsp3) is 0.500. The molecular weight excluding hydrogens is 462 g/mol. The van der Waals surface area contributed by atoms with Gasteiger partial charge in [-0.15, -0.1) is 22.7 Å². The predicted octanol–water partition coefficient (Wildman–Crippen LogP) is 3.87. The van der Waals surface area contributed by atoms with Crippen LogP contribution in [0.4, 0.5) is 5.69 Å². The molecule has 10 heteroatoms. The summed E-state index contributed by atoms with van der Waals surface area (Å²) in [5, 5.41) is 5.31. The normalized spacial score (nSPS) is 19.5. The van der Waals surface area contributed by atoms with Gasteiger partial charge in [0.05, 0.1) is 41.1 Å². The zero-order chi connectivity index (χ0) is 22.3. The Morgan fingerprint density at radius 1 is 1.22 bits per heavy atom. The van der Waals surface area contributed by atoms with Gasteiger partial charge in [-0.2, -0.15) is 0 Å². The lowest BCUT2D eigenvalue weighted by Gasteiger charge is -2.28. The summed E-state index contributed by atoms with van der Waals surface area (Å²) in [5.74, 6) is 0.593. The monoisotopic (exact) mass is 489 g/mol. The van der Waals surface area contributed by atoms with Crippen molar-refractivity contribution in [2.45, 2.75) is 55.5 Å². The van der Waals surface area contributed by atoms with Crippen molar-refractivity contribution in [3.63, 3.8) is 0 Å². The molecule has 0 amide bonds. The van der Waals surface area contributed by atoms with Gasteiger partial charge in [-0.05, 0) is 37.8 Å². The van der Waals surface area contributed by atoms with E-state index in [4.69, 9.17) is 4.98 Å². The number of sulfone groups is 1. The average molecular weight is 490 g/mol. The molecule has 7 nitrogen and oxygen atoms in total. The van der Waals surface area contributed by atoms with Gasteiger partial charge in [-0.3, -0.25) is 4.90 Å². The smallest absolute Gasteiger partial charge is 0.201 e. The number of pyridine rings is 1. The lowest BCUT2D eigenvalue weighted by molar-refractivity contribution is 0.325. The van der Waals surface area contributed by atoms with Crippen LogP contribution in [-0.4, -0.2) is 54.4 Å². The first-order valence-corrected chi connectivity index (χ1v) is 14.3. The standard InChI is InChI=1S/C22H27N5O2S3/c1-15-7-22(32(28,29)13-17-11-30-14-24-17)23-8-20(15)26(2)18-5-6-27(9-18)10-21-25-19(12-31-21)16-3-4-16/h7-8,11-12,14,16,18H,3-6,9-10,13H2,1-2H3/t18-/m0/s1. The number of anilines is 1. The predicted molar refractivity (Wildman–Crippen MR) is 128 cm³/mol. The number of hydrogen-bond acceptors (Lipinski definition) is 9. The highest BCUT2D eigenvalue weighted by Gasteiger charge is 2.29. The number of nitrogens with zero attached hydrogens (tertiary/aromatic N) is 5. The molecule has 1 atom stereocenters. The van der Waals surface area contributed by atoms with Crippen molar-refractivity contribution in [2.24, 2.45) is 0 Å². The minimum Gasteiger partial charge on any atom is -0.369 e. The summed E-state index contributed by atoms with van der Waals surface area (Å²) >= 11 is 3.18. The summed E-state index contributed by atoms with van der Waals surface area (Å²) in [6.07, 6.45) is 5.35. The Hall–Kier alpha value is -1.88. The number of thiazole rings is 2. The number of rotatable bonds is 8. The third-order valence-electron chi connectivity index (χ3n) is 6.30. The molecule has 1 aliphatic carbocycles. The number of likely N-dealkylation sites (N-methyl/N-ethyl adjacent to an activating group) is 1. The lowest BCUT2D eigenvalue weighted by Crippen LogP contribution is -2.35. The Morgan fingerprint density at radius 2 is 2.06 bits per heavy atom. The summed E-state index contributed by atoms with van der Waals surface area (Å²) < 4.78 is 25.5. The van der Waals surface area contributed by atoms with Crippen LogP contribution in [0.2, 0.25) is 0 Å². The van der Waals surface area contributed by atoms with Gasteiger partial charge in [0.25, 0.3) is 0 Å². The van der Waals surface area contributed by atoms with Crippen LogP contribution in [0.1, 0.15) is 47.1 Å². The van der Waals surface area contributed by atoms with Crippen molar-refractivity contribution < 1.29 is 8.42 Å². The Labute approximate surface area is 197 Å². The summed E-state index contributed by atoms with van der Waals surface area (Å²) in [6.45, 7) is 4.88. The van der Waals surface area contributed by atoms with E-state index in [0.717, 1.165) is 37.3 Å². The van der Waals surface area contributed by atoms with E-state index in [0.29, 0.717) is 17.7 Å². The van der Waals surface area contributed by atoms with Crippen LogP contribution < -0.4 is 4.90 Å². The van der Waals surface area contributed by atoms with Gasteiger partial charge in [0, 0.05) is 42.9 Å². The molecule has 2 fully saturated rings. The Balaban J connectivity index is 1.23. The molecule has 0 N–H and O–H groups in total. The highest BCUT2D eigenvalue weighted by Crippen LogP contribution is 2.40. The maximum Gasteiger partial charge on any atom is 0.201 e. The van der Waals surface area contributed by atoms with E-state index in [1.165, 1.54) is 34.9 Å². The minimum absolute atomic E-state index is 0.114. The van der Waals surface area contributed by atoms with Crippen molar-refractivity contribution >= 4 is 38.2 Å². The molecule has 0 unspecified atom stereocenters. The van der Waals surface area contributed by atoms with Crippen LogP contribution in [0.25, 0.3) is 0 Å². The van der Waals surface area contributed by atoms with Gasteiger partial charge < -0.3 is 4.90 Å². The summed E-state index contributed by atoms with van der Waals surface area (Å²) in [6, 6.07) is 2.06. The van der Waals surface area contributed by atoms with E-state index in [2.05, 4.69) is 32.2 Å². The molecule has 4 heterocycles. The van der Waals surface area contributed by atoms with Gasteiger partial charge in [0.1, 0.15) is 5.01 Å². The van der Waals surface area contributed by atoms with Gasteiger partial charge in [0.15, 0.2) is 5.03 Å². The molecule has 1 saturated carbocycles. The largest absolute Gasteiger partial charge is 0.369 e. The number of aromatic nitrogens is 3. The van der Waals surface area contributed by atoms with Crippen LogP contribution in [0.15, 0.2) is 33.6 Å². The van der Waals surface area contributed by atoms with Crippen molar-refractivity contribution in [3.05, 3.63) is 50.5 Å². The molecule has 3 aromatic heterocycles. The SMILES string of the molecule is Cc1cc(S(=O)(=O)Cc2cscn2)ncc1N(C)[C@H]1CCN(Cc2nc(C3CC3)cs2)C1. The highest BCUT2D eigenvalue weighted by molar-refractivity contribution is 7.90. The first kappa shape index (κ1) is 21.9. The molecule has 170 valence electrons. The first-order valence-electron chi connectivity index (χ1n) is 10.8. The van der Waals surface area contributed by atoms with Crippen molar-refractivity contribution in [2.75, 3.05) is 25.0 Å². The van der Waals surface area contributed by atoms with Gasteiger partial charge >= 0.3 is 0 Å². The minimum atomic E-state index is -3.51. The van der Waals surface area contributed by atoms with E-state index in [1.54, 1.807) is 34.5 Å². The van der Waals surface area contributed by atoms with E-state index >= 15 is 0 Å². The molecule has 3 aromatic rings. The number of hydrogen-bond donors (Lipinski definition) is 0. The molecule has 1 aliphatic heterocycles. The van der Waals surface area contributed by atoms with Crippen molar-refractivity contribution in [1.29, 1.82) is 0 Å². The van der Waals surface area contributed by atoms with E-state index in [-0.39, 0.29) is 10.8 Å². The van der Waals surface area contributed by atoms with Gasteiger partial charge in [-0.25, -0.2) is 23.4 Å². The third kappa shape index (κ3) is 4.73. The van der Waals surface area contributed by atoms with Crippen LogP contribution in [0.3, 0.4) is 0 Å². The van der Waals surface area contributed by atoms with Crippen LogP contribution in [-0.2, 0) is 22.1 Å². The quantitative estimate of drug-likeness (QED) is 0.475.